The molecule has 1 N–H and O–H groups in total. The van der Waals surface area contributed by atoms with Crippen LogP contribution in [0.2, 0.25) is 0 Å². The third kappa shape index (κ3) is 3.04. The summed E-state index contributed by atoms with van der Waals surface area (Å²) in [6.07, 6.45) is 2.27. The molecule has 8 heteroatoms. The highest BCUT2D eigenvalue weighted by Gasteiger charge is 2.26. The average molecular weight is 343 g/mol. The lowest BCUT2D eigenvalue weighted by Crippen LogP contribution is -2.28. The lowest BCUT2D eigenvalue weighted by Gasteiger charge is -2.17. The number of rotatable bonds is 4. The number of thiophene rings is 1. The van der Waals surface area contributed by atoms with E-state index in [2.05, 4.69) is 9.97 Å². The predicted octanol–water partition coefficient (Wildman–Crippen LogP) is 3.16. The monoisotopic (exact) mass is 343 g/mol. The molecule has 0 saturated heterocycles. The van der Waals surface area contributed by atoms with Crippen molar-refractivity contribution in [3.8, 4) is 0 Å². The maximum Gasteiger partial charge on any atom is 0.414 e. The first-order chi connectivity index (χ1) is 11.6. The largest absolute Gasteiger partial charge is 0.477 e. The molecular weight excluding hydrogens is 330 g/mol. The number of hydrogen-bond donors (Lipinski definition) is 1. The summed E-state index contributed by atoms with van der Waals surface area (Å²) in [7, 11) is 1.45. The quantitative estimate of drug-likeness (QED) is 0.782. The molecule has 1 aromatic carbocycles. The number of fused-ring (bicyclic) bond motifs is 1. The van der Waals surface area contributed by atoms with Gasteiger partial charge >= 0.3 is 12.1 Å². The molecule has 0 radical (unpaired) electrons. The highest BCUT2D eigenvalue weighted by atomic mass is 32.1. The number of amides is 1. The fourth-order valence-electron chi connectivity index (χ4n) is 2.18. The van der Waals surface area contributed by atoms with Gasteiger partial charge in [0.1, 0.15) is 27.5 Å². The molecule has 122 valence electrons. The van der Waals surface area contributed by atoms with E-state index >= 15 is 0 Å². The predicted molar refractivity (Wildman–Crippen MR) is 89.4 cm³/mol. The second kappa shape index (κ2) is 6.63. The van der Waals surface area contributed by atoms with Crippen molar-refractivity contribution in [3.63, 3.8) is 0 Å². The second-order valence-corrected chi connectivity index (χ2v) is 5.89. The average Bonchev–Trinajstić information content (AvgIpc) is 2.99. The van der Waals surface area contributed by atoms with Crippen molar-refractivity contribution in [1.82, 2.24) is 9.97 Å². The van der Waals surface area contributed by atoms with Gasteiger partial charge in [-0.05, 0) is 5.56 Å². The fourth-order valence-corrected chi connectivity index (χ4v) is 3.15. The molecule has 1 amide bonds. The van der Waals surface area contributed by atoms with Crippen molar-refractivity contribution < 1.29 is 19.4 Å². The van der Waals surface area contributed by atoms with E-state index in [1.165, 1.54) is 19.4 Å². The van der Waals surface area contributed by atoms with Crippen molar-refractivity contribution in [3.05, 3.63) is 53.2 Å². The van der Waals surface area contributed by atoms with E-state index in [1.54, 1.807) is 0 Å². The van der Waals surface area contributed by atoms with Gasteiger partial charge in [0.05, 0.1) is 0 Å². The third-order valence-electron chi connectivity index (χ3n) is 3.31. The summed E-state index contributed by atoms with van der Waals surface area (Å²) in [6, 6.07) is 9.23. The Morgan fingerprint density at radius 2 is 1.92 bits per heavy atom. The lowest BCUT2D eigenvalue weighted by atomic mass is 10.2. The Labute approximate surface area is 141 Å². The Bertz CT molecular complexity index is 895. The van der Waals surface area contributed by atoms with E-state index in [9.17, 15) is 14.7 Å². The molecule has 2 aromatic heterocycles. The van der Waals surface area contributed by atoms with Gasteiger partial charge < -0.3 is 9.84 Å². The van der Waals surface area contributed by atoms with Crippen LogP contribution >= 0.6 is 11.3 Å². The van der Waals surface area contributed by atoms with Crippen LogP contribution in [0.1, 0.15) is 15.2 Å². The number of nitrogens with zero attached hydrogens (tertiary/aromatic N) is 3. The van der Waals surface area contributed by atoms with Gasteiger partial charge in [0.25, 0.3) is 0 Å². The molecule has 7 nitrogen and oxygen atoms in total. The smallest absolute Gasteiger partial charge is 0.414 e. The number of ether oxygens (including phenoxy) is 1. The molecule has 0 atom stereocenters. The van der Waals surface area contributed by atoms with Crippen molar-refractivity contribution in [2.75, 3.05) is 11.9 Å². The maximum atomic E-state index is 12.3. The van der Waals surface area contributed by atoms with Crippen molar-refractivity contribution in [2.24, 2.45) is 0 Å². The van der Waals surface area contributed by atoms with Crippen LogP contribution in [0.5, 0.6) is 0 Å². The number of hydrogen-bond acceptors (Lipinski definition) is 6. The van der Waals surface area contributed by atoms with E-state index in [4.69, 9.17) is 4.74 Å². The molecule has 3 rings (SSSR count). The zero-order valence-corrected chi connectivity index (χ0v) is 13.5. The van der Waals surface area contributed by atoms with Crippen LogP contribution in [0.15, 0.2) is 42.7 Å². The molecule has 0 fully saturated rings. The Balaban J connectivity index is 1.87. The zero-order chi connectivity index (χ0) is 17.1. The molecule has 24 heavy (non-hydrogen) atoms. The van der Waals surface area contributed by atoms with Crippen LogP contribution in [0.3, 0.4) is 0 Å². The first-order valence-electron chi connectivity index (χ1n) is 6.99. The number of benzene rings is 1. The standard InChI is InChI=1S/C16H13N3O4S/c1-19(16(22)23-9-10-5-3-2-4-6-10)12-11-14(18-8-7-17-11)24-13(12)15(20)21/h2-8H,9H2,1H3,(H,20,21). The molecule has 0 aliphatic rings. The molecule has 2 heterocycles. The first kappa shape index (κ1) is 15.9. The lowest BCUT2D eigenvalue weighted by molar-refractivity contribution is 0.0703. The van der Waals surface area contributed by atoms with Gasteiger partial charge in [0, 0.05) is 19.4 Å². The highest BCUT2D eigenvalue weighted by molar-refractivity contribution is 7.21. The molecule has 0 unspecified atom stereocenters. The van der Waals surface area contributed by atoms with Crippen LogP contribution in [-0.4, -0.2) is 34.2 Å². The summed E-state index contributed by atoms with van der Waals surface area (Å²) in [5.74, 6) is -1.14. The SMILES string of the molecule is CN(C(=O)OCc1ccccc1)c1c(C(=O)O)sc2nccnc12. The summed E-state index contributed by atoms with van der Waals surface area (Å²) in [4.78, 5) is 33.6. The molecule has 0 bridgehead atoms. The van der Waals surface area contributed by atoms with Gasteiger partial charge in [0.15, 0.2) is 0 Å². The van der Waals surface area contributed by atoms with Gasteiger partial charge in [-0.3, -0.25) is 4.90 Å². The first-order valence-corrected chi connectivity index (χ1v) is 7.81. The topological polar surface area (TPSA) is 92.6 Å². The summed E-state index contributed by atoms with van der Waals surface area (Å²) in [5.41, 5.74) is 1.39. The fraction of sp³-hybridized carbons (Fsp3) is 0.125. The Hall–Kier alpha value is -3.00. The van der Waals surface area contributed by atoms with Crippen LogP contribution in [0, 0.1) is 0 Å². The number of anilines is 1. The number of carbonyl (C=O) groups excluding carboxylic acids is 1. The van der Waals surface area contributed by atoms with Gasteiger partial charge in [-0.1, -0.05) is 30.3 Å². The summed E-state index contributed by atoms with van der Waals surface area (Å²) in [5, 5.41) is 9.38. The molecule has 0 aliphatic heterocycles. The minimum absolute atomic E-state index is 0.00430. The zero-order valence-electron chi connectivity index (χ0n) is 12.7. The number of carboxylic acids is 1. The minimum Gasteiger partial charge on any atom is -0.477 e. The Kier molecular flexibility index (Phi) is 4.39. The molecule has 0 saturated carbocycles. The van der Waals surface area contributed by atoms with Crippen LogP contribution < -0.4 is 4.90 Å². The maximum absolute atomic E-state index is 12.3. The highest BCUT2D eigenvalue weighted by Crippen LogP contribution is 2.35. The van der Waals surface area contributed by atoms with Gasteiger partial charge in [-0.25, -0.2) is 19.6 Å². The summed E-state index contributed by atoms with van der Waals surface area (Å²) >= 11 is 0.970. The third-order valence-corrected chi connectivity index (χ3v) is 4.38. The minimum atomic E-state index is -1.14. The number of carbonyl (C=O) groups is 2. The van der Waals surface area contributed by atoms with Gasteiger partial charge in [-0.2, -0.15) is 0 Å². The van der Waals surface area contributed by atoms with E-state index in [0.29, 0.717) is 10.3 Å². The van der Waals surface area contributed by atoms with E-state index in [0.717, 1.165) is 21.8 Å². The Morgan fingerprint density at radius 3 is 2.62 bits per heavy atom. The summed E-state index contributed by atoms with van der Waals surface area (Å²) in [6.45, 7) is 0.0974. The van der Waals surface area contributed by atoms with E-state index in [1.807, 2.05) is 30.3 Å². The van der Waals surface area contributed by atoms with Crippen LogP contribution in [0.4, 0.5) is 10.5 Å². The number of aromatic nitrogens is 2. The number of carboxylic acid groups (broad SMARTS) is 1. The van der Waals surface area contributed by atoms with Crippen molar-refractivity contribution in [2.45, 2.75) is 6.61 Å². The molecule has 0 spiro atoms. The van der Waals surface area contributed by atoms with Gasteiger partial charge in [0.2, 0.25) is 0 Å². The number of aromatic carboxylic acids is 1. The molecular formula is C16H13N3O4S. The Morgan fingerprint density at radius 1 is 1.21 bits per heavy atom. The van der Waals surface area contributed by atoms with Gasteiger partial charge in [-0.15, -0.1) is 11.3 Å². The van der Waals surface area contributed by atoms with Crippen molar-refractivity contribution >= 4 is 39.4 Å². The van der Waals surface area contributed by atoms with Crippen LogP contribution in [0.25, 0.3) is 10.3 Å². The molecule has 3 aromatic rings. The van der Waals surface area contributed by atoms with Crippen molar-refractivity contribution in [1.29, 1.82) is 0 Å². The van der Waals surface area contributed by atoms with Crippen LogP contribution in [-0.2, 0) is 11.3 Å². The molecule has 0 aliphatic carbocycles. The summed E-state index contributed by atoms with van der Waals surface area (Å²) < 4.78 is 5.25. The second-order valence-electron chi connectivity index (χ2n) is 4.89. The van der Waals surface area contributed by atoms with E-state index in [-0.39, 0.29) is 17.2 Å². The van der Waals surface area contributed by atoms with E-state index < -0.39 is 12.1 Å². The normalized spacial score (nSPS) is 10.5.